The van der Waals surface area contributed by atoms with Crippen LogP contribution in [0.25, 0.3) is 0 Å². The van der Waals surface area contributed by atoms with E-state index in [0.29, 0.717) is 5.69 Å². The summed E-state index contributed by atoms with van der Waals surface area (Å²) in [6, 6.07) is 1.24. The first-order valence-electron chi connectivity index (χ1n) is 3.49. The van der Waals surface area contributed by atoms with Gasteiger partial charge in [0.1, 0.15) is 0 Å². The van der Waals surface area contributed by atoms with Gasteiger partial charge in [0.2, 0.25) is 0 Å². The first kappa shape index (κ1) is 10.5. The molecule has 13 heavy (non-hydrogen) atoms. The molecule has 1 rings (SSSR count). The Balaban J connectivity index is 3.25. The number of aliphatic hydroxyl groups is 1. The van der Waals surface area contributed by atoms with Crippen LogP contribution in [0.2, 0.25) is 0 Å². The van der Waals surface area contributed by atoms with Crippen LogP contribution >= 0.6 is 10.7 Å². The molecular weight excluding hydrogens is 216 g/mol. The van der Waals surface area contributed by atoms with E-state index in [1.165, 1.54) is 24.7 Å². The molecule has 0 spiro atoms. The van der Waals surface area contributed by atoms with Gasteiger partial charge in [-0.1, -0.05) is 0 Å². The van der Waals surface area contributed by atoms with Gasteiger partial charge in [-0.2, -0.15) is 5.10 Å². The van der Waals surface area contributed by atoms with Crippen LogP contribution in [0.1, 0.15) is 18.7 Å². The quantitative estimate of drug-likeness (QED) is 0.739. The van der Waals surface area contributed by atoms with Gasteiger partial charge in [0.15, 0.2) is 5.03 Å². The molecule has 0 aliphatic carbocycles. The van der Waals surface area contributed by atoms with Crippen LogP contribution in [0, 0.1) is 0 Å². The van der Waals surface area contributed by atoms with Crippen LogP contribution in [0.4, 0.5) is 0 Å². The molecule has 0 saturated carbocycles. The van der Waals surface area contributed by atoms with Gasteiger partial charge < -0.3 is 5.11 Å². The molecule has 5 nitrogen and oxygen atoms in total. The fourth-order valence-corrected chi connectivity index (χ4v) is 1.67. The summed E-state index contributed by atoms with van der Waals surface area (Å²) in [6.45, 7) is 1.52. The number of nitrogens with zero attached hydrogens (tertiary/aromatic N) is 2. The zero-order valence-electron chi connectivity index (χ0n) is 7.10. The van der Waals surface area contributed by atoms with Gasteiger partial charge in [-0.3, -0.25) is 4.68 Å². The third-order valence-electron chi connectivity index (χ3n) is 1.57. The molecule has 1 unspecified atom stereocenters. The third kappa shape index (κ3) is 2.20. The summed E-state index contributed by atoms with van der Waals surface area (Å²) < 4.78 is 22.9. The number of rotatable bonds is 2. The zero-order valence-corrected chi connectivity index (χ0v) is 8.67. The predicted octanol–water partition coefficient (Wildman–Crippen LogP) is 0.401. The van der Waals surface area contributed by atoms with E-state index in [9.17, 15) is 13.5 Å². The summed E-state index contributed by atoms with van der Waals surface area (Å²) in [6.07, 6.45) is -0.773. The summed E-state index contributed by atoms with van der Waals surface area (Å²) in [7, 11) is 2.79. The molecule has 0 amide bonds. The van der Waals surface area contributed by atoms with E-state index in [1.54, 1.807) is 0 Å². The van der Waals surface area contributed by atoms with Crippen LogP contribution in [-0.4, -0.2) is 23.3 Å². The lowest BCUT2D eigenvalue weighted by atomic mass is 10.3. The van der Waals surface area contributed by atoms with E-state index >= 15 is 0 Å². The molecule has 1 N–H and O–H groups in total. The highest BCUT2D eigenvalue weighted by atomic mass is 35.7. The second-order valence-electron chi connectivity index (χ2n) is 2.64. The van der Waals surface area contributed by atoms with Crippen LogP contribution < -0.4 is 0 Å². The highest BCUT2D eigenvalue weighted by molar-refractivity contribution is 8.13. The van der Waals surface area contributed by atoms with E-state index in [-0.39, 0.29) is 5.03 Å². The molecule has 0 aliphatic heterocycles. The van der Waals surface area contributed by atoms with Crippen molar-refractivity contribution in [2.24, 2.45) is 7.05 Å². The molecule has 0 saturated heterocycles. The number of hydrogen-bond donors (Lipinski definition) is 1. The molecule has 7 heteroatoms. The van der Waals surface area contributed by atoms with Gasteiger partial charge in [0.05, 0.1) is 11.8 Å². The maximum Gasteiger partial charge on any atom is 0.280 e. The van der Waals surface area contributed by atoms with Gasteiger partial charge in [-0.05, 0) is 6.92 Å². The van der Waals surface area contributed by atoms with Crippen molar-refractivity contribution in [1.29, 1.82) is 0 Å². The molecule has 0 aromatic carbocycles. The topological polar surface area (TPSA) is 72.2 Å². The molecule has 0 radical (unpaired) electrons. The Hall–Kier alpha value is -0.590. The number of aromatic nitrogens is 2. The van der Waals surface area contributed by atoms with Gasteiger partial charge >= 0.3 is 0 Å². The molecule has 74 valence electrons. The SMILES string of the molecule is CC(O)c1cc(S(=O)(=O)Cl)nn1C. The maximum atomic E-state index is 10.8. The first-order chi connectivity index (χ1) is 5.82. The average molecular weight is 225 g/mol. The Bertz CT molecular complexity index is 410. The summed E-state index contributed by atoms with van der Waals surface area (Å²) in [5, 5.41) is 12.6. The summed E-state index contributed by atoms with van der Waals surface area (Å²) in [5.41, 5.74) is 0.402. The van der Waals surface area contributed by atoms with Gasteiger partial charge in [0, 0.05) is 23.8 Å². The minimum atomic E-state index is -3.81. The predicted molar refractivity (Wildman–Crippen MR) is 46.9 cm³/mol. The Kier molecular flexibility index (Phi) is 2.65. The molecule has 0 aliphatic rings. The van der Waals surface area contributed by atoms with Crippen molar-refractivity contribution in [3.8, 4) is 0 Å². The summed E-state index contributed by atoms with van der Waals surface area (Å²) >= 11 is 0. The second-order valence-corrected chi connectivity index (χ2v) is 5.16. The maximum absolute atomic E-state index is 10.8. The zero-order chi connectivity index (χ0) is 10.2. The smallest absolute Gasteiger partial charge is 0.280 e. The molecular formula is C6H9ClN2O3S. The molecule has 1 aromatic heterocycles. The normalized spacial score (nSPS) is 14.5. The third-order valence-corrected chi connectivity index (χ3v) is 2.74. The average Bonchev–Trinajstić information content (AvgIpc) is 2.29. The van der Waals surface area contributed by atoms with E-state index in [0.717, 1.165) is 0 Å². The van der Waals surface area contributed by atoms with E-state index in [4.69, 9.17) is 10.7 Å². The summed E-state index contributed by atoms with van der Waals surface area (Å²) in [5.74, 6) is 0. The summed E-state index contributed by atoms with van der Waals surface area (Å²) in [4.78, 5) is 0. The van der Waals surface area contributed by atoms with Gasteiger partial charge in [-0.15, -0.1) is 0 Å². The van der Waals surface area contributed by atoms with Crippen molar-refractivity contribution in [2.45, 2.75) is 18.1 Å². The molecule has 1 atom stereocenters. The monoisotopic (exact) mass is 224 g/mol. The van der Waals surface area contributed by atoms with E-state index in [2.05, 4.69) is 5.10 Å². The van der Waals surface area contributed by atoms with Crippen molar-refractivity contribution in [3.63, 3.8) is 0 Å². The van der Waals surface area contributed by atoms with Gasteiger partial charge in [-0.25, -0.2) is 8.42 Å². The lowest BCUT2D eigenvalue weighted by Crippen LogP contribution is -2.01. The first-order valence-corrected chi connectivity index (χ1v) is 5.80. The van der Waals surface area contributed by atoms with Gasteiger partial charge in [0.25, 0.3) is 9.05 Å². The minimum Gasteiger partial charge on any atom is -0.387 e. The van der Waals surface area contributed by atoms with E-state index in [1.807, 2.05) is 0 Å². The van der Waals surface area contributed by atoms with Crippen molar-refractivity contribution < 1.29 is 13.5 Å². The number of halogens is 1. The van der Waals surface area contributed by atoms with Crippen molar-refractivity contribution >= 4 is 19.7 Å². The Morgan fingerprint density at radius 1 is 1.69 bits per heavy atom. The molecule has 1 aromatic rings. The lowest BCUT2D eigenvalue weighted by Gasteiger charge is -2.01. The van der Waals surface area contributed by atoms with Crippen LogP contribution in [0.5, 0.6) is 0 Å². The number of aryl methyl sites for hydroxylation is 1. The van der Waals surface area contributed by atoms with Crippen molar-refractivity contribution in [2.75, 3.05) is 0 Å². The largest absolute Gasteiger partial charge is 0.387 e. The van der Waals surface area contributed by atoms with Crippen LogP contribution in [0.15, 0.2) is 11.1 Å². The highest BCUT2D eigenvalue weighted by Crippen LogP contribution is 2.18. The van der Waals surface area contributed by atoms with Crippen molar-refractivity contribution in [1.82, 2.24) is 9.78 Å². The van der Waals surface area contributed by atoms with Crippen LogP contribution in [-0.2, 0) is 16.1 Å². The molecule has 0 bridgehead atoms. The Morgan fingerprint density at radius 3 is 2.46 bits per heavy atom. The molecule has 0 fully saturated rings. The molecule has 1 heterocycles. The second kappa shape index (κ2) is 3.28. The van der Waals surface area contributed by atoms with Crippen LogP contribution in [0.3, 0.4) is 0 Å². The van der Waals surface area contributed by atoms with Crippen molar-refractivity contribution in [3.05, 3.63) is 11.8 Å². The fraction of sp³-hybridized carbons (Fsp3) is 0.500. The minimum absolute atomic E-state index is 0.243. The standard InChI is InChI=1S/C6H9ClN2O3S/c1-4(10)5-3-6(8-9(5)2)13(7,11)12/h3-4,10H,1-2H3. The van der Waals surface area contributed by atoms with E-state index < -0.39 is 15.2 Å². The fourth-order valence-electron chi connectivity index (χ4n) is 0.965. The number of aliphatic hydroxyl groups excluding tert-OH is 1. The lowest BCUT2D eigenvalue weighted by molar-refractivity contribution is 0.189. The Morgan fingerprint density at radius 2 is 2.23 bits per heavy atom. The number of hydrogen-bond acceptors (Lipinski definition) is 4. The highest BCUT2D eigenvalue weighted by Gasteiger charge is 2.18. The Labute approximate surface area is 80.4 Å².